The molecule has 1 rings (SSSR count). The molecule has 0 bridgehead atoms. The van der Waals surface area contributed by atoms with Crippen LogP contribution < -0.4 is 22.9 Å². The molecule has 1 heterocycles. The van der Waals surface area contributed by atoms with E-state index in [4.69, 9.17) is 27.7 Å². The fourth-order valence-corrected chi connectivity index (χ4v) is 2.45. The molecule has 18 heteroatoms. The summed E-state index contributed by atoms with van der Waals surface area (Å²) in [6, 6.07) is -4.12. The van der Waals surface area contributed by atoms with Gasteiger partial charge in [-0.15, -0.1) is 0 Å². The number of hydrogen-bond donors (Lipinski definition) is 4. The van der Waals surface area contributed by atoms with Crippen molar-refractivity contribution in [1.29, 1.82) is 0 Å². The number of nitrogens with two attached hydrogens (primary N) is 4. The van der Waals surface area contributed by atoms with Gasteiger partial charge in [-0.05, 0) is 18.8 Å². The Hall–Kier alpha value is -3.87. The second-order valence-electron chi connectivity index (χ2n) is 8.23. The molecule has 214 valence electrons. The van der Waals surface area contributed by atoms with Crippen LogP contribution in [0.3, 0.4) is 0 Å². The molecule has 0 aromatic carbocycles. The minimum atomic E-state index is -2.99. The van der Waals surface area contributed by atoms with E-state index in [1.54, 1.807) is 13.8 Å². The van der Waals surface area contributed by atoms with Crippen molar-refractivity contribution in [3.8, 4) is 0 Å². The number of hydrogen-bond acceptors (Lipinski definition) is 18. The molecule has 1 fully saturated rings. The van der Waals surface area contributed by atoms with Crippen LogP contribution >= 0.6 is 0 Å². The highest BCUT2D eigenvalue weighted by Gasteiger charge is 2.46. The van der Waals surface area contributed by atoms with Crippen molar-refractivity contribution in [2.24, 2.45) is 28.9 Å². The molecule has 3 unspecified atom stereocenters. The highest BCUT2D eigenvalue weighted by atomic mass is 17.2. The first-order valence-corrected chi connectivity index (χ1v) is 11.2. The minimum absolute atomic E-state index is 0.246. The minimum Gasteiger partial charge on any atom is -0.430 e. The highest BCUT2D eigenvalue weighted by molar-refractivity contribution is 5.89. The summed E-state index contributed by atoms with van der Waals surface area (Å²) in [5.41, 5.74) is 19.4. The van der Waals surface area contributed by atoms with Gasteiger partial charge in [0.25, 0.3) is 5.72 Å². The predicted molar refractivity (Wildman–Crippen MR) is 116 cm³/mol. The average Bonchev–Trinajstić information content (AvgIpc) is 2.88. The van der Waals surface area contributed by atoms with Gasteiger partial charge in [0, 0.05) is 0 Å². The molecule has 1 aliphatic rings. The molecular weight excluding hydrogens is 520 g/mol. The molecule has 38 heavy (non-hydrogen) atoms. The lowest BCUT2D eigenvalue weighted by Crippen LogP contribution is -2.56. The summed E-state index contributed by atoms with van der Waals surface area (Å²) in [7, 11) is 0. The van der Waals surface area contributed by atoms with Crippen LogP contribution in [0.1, 0.15) is 52.4 Å². The lowest BCUT2D eigenvalue weighted by Gasteiger charge is -2.26. The number of rotatable bonds is 8. The summed E-state index contributed by atoms with van der Waals surface area (Å²) < 4.78 is 4.77. The Labute approximate surface area is 215 Å². The predicted octanol–water partition coefficient (Wildman–Crippen LogP) is -2.82. The van der Waals surface area contributed by atoms with Crippen molar-refractivity contribution in [3.63, 3.8) is 0 Å². The van der Waals surface area contributed by atoms with Crippen LogP contribution in [0.2, 0.25) is 0 Å². The number of esters is 1. The van der Waals surface area contributed by atoms with E-state index in [2.05, 4.69) is 29.3 Å². The lowest BCUT2D eigenvalue weighted by atomic mass is 10.0. The quantitative estimate of drug-likeness (QED) is 0.102. The van der Waals surface area contributed by atoms with Gasteiger partial charge in [0.1, 0.15) is 24.5 Å². The van der Waals surface area contributed by atoms with Crippen molar-refractivity contribution in [3.05, 3.63) is 0 Å². The first kappa shape index (κ1) is 32.2. The van der Waals surface area contributed by atoms with Crippen LogP contribution in [0, 0.1) is 5.92 Å². The molecular formula is C20H30N4O14. The topological polar surface area (TPSA) is 288 Å². The second-order valence-corrected chi connectivity index (χ2v) is 8.23. The maximum absolute atomic E-state index is 12.4. The van der Waals surface area contributed by atoms with Crippen LogP contribution in [-0.2, 0) is 67.6 Å². The third-order valence-corrected chi connectivity index (χ3v) is 5.13. The highest BCUT2D eigenvalue weighted by Crippen LogP contribution is 2.17. The van der Waals surface area contributed by atoms with Crippen LogP contribution in [0.5, 0.6) is 0 Å². The van der Waals surface area contributed by atoms with E-state index < -0.39 is 91.3 Å². The van der Waals surface area contributed by atoms with Crippen molar-refractivity contribution in [2.45, 2.75) is 76.2 Å². The Morgan fingerprint density at radius 1 is 1.00 bits per heavy atom. The van der Waals surface area contributed by atoms with Gasteiger partial charge in [-0.2, -0.15) is 0 Å². The van der Waals surface area contributed by atoms with Gasteiger partial charge in [-0.3, -0.25) is 10.5 Å². The first-order valence-electron chi connectivity index (χ1n) is 11.2. The second kappa shape index (κ2) is 14.8. The smallest absolute Gasteiger partial charge is 0.414 e. The molecule has 8 N–H and O–H groups in total. The maximum atomic E-state index is 12.4. The zero-order chi connectivity index (χ0) is 29.0. The molecule has 0 spiro atoms. The fraction of sp³-hybridized carbons (Fsp3) is 0.650. The van der Waals surface area contributed by atoms with Crippen LogP contribution in [-0.4, -0.2) is 65.6 Å². The Morgan fingerprint density at radius 3 is 2.26 bits per heavy atom. The van der Waals surface area contributed by atoms with E-state index in [1.807, 2.05) is 0 Å². The van der Waals surface area contributed by atoms with E-state index in [1.165, 1.54) is 0 Å². The molecule has 1 saturated heterocycles. The largest absolute Gasteiger partial charge is 0.430 e. The molecule has 0 saturated carbocycles. The summed E-state index contributed by atoms with van der Waals surface area (Å²) in [4.78, 5) is 109. The zero-order valence-electron chi connectivity index (χ0n) is 20.6. The van der Waals surface area contributed by atoms with Crippen LogP contribution in [0.15, 0.2) is 0 Å². The number of carbonyl (C=O) groups is 7. The summed E-state index contributed by atoms with van der Waals surface area (Å²) in [5.74, 6) is -9.38. The zero-order valence-corrected chi connectivity index (χ0v) is 20.6. The van der Waals surface area contributed by atoms with Gasteiger partial charge in [0.15, 0.2) is 0 Å². The van der Waals surface area contributed by atoms with E-state index in [-0.39, 0.29) is 12.3 Å². The Kier molecular flexibility index (Phi) is 12.5. The third-order valence-electron chi connectivity index (χ3n) is 5.13. The van der Waals surface area contributed by atoms with Crippen LogP contribution in [0.4, 0.5) is 0 Å². The summed E-state index contributed by atoms with van der Waals surface area (Å²) >= 11 is 0. The van der Waals surface area contributed by atoms with Gasteiger partial charge >= 0.3 is 41.8 Å². The normalized spacial score (nSPS) is 23.4. The van der Waals surface area contributed by atoms with E-state index in [9.17, 15) is 33.6 Å². The first-order chi connectivity index (χ1) is 17.7. The van der Waals surface area contributed by atoms with Gasteiger partial charge in [-0.1, -0.05) is 20.3 Å². The van der Waals surface area contributed by atoms with Crippen molar-refractivity contribution >= 4 is 41.8 Å². The summed E-state index contributed by atoms with van der Waals surface area (Å²) in [6.45, 7) is 3.48. The van der Waals surface area contributed by atoms with Gasteiger partial charge in [0.2, 0.25) is 0 Å². The van der Waals surface area contributed by atoms with Gasteiger partial charge in [-0.25, -0.2) is 58.1 Å². The third kappa shape index (κ3) is 10.2. The van der Waals surface area contributed by atoms with Crippen LogP contribution in [0.25, 0.3) is 0 Å². The van der Waals surface area contributed by atoms with Crippen molar-refractivity contribution in [2.75, 3.05) is 0 Å². The average molecular weight is 550 g/mol. The lowest BCUT2D eigenvalue weighted by molar-refractivity contribution is -0.276. The molecule has 0 radical (unpaired) electrons. The molecule has 0 aromatic heterocycles. The number of ether oxygens (including phenoxy) is 1. The number of carbonyl (C=O) groups excluding carboxylic acids is 7. The molecule has 0 aromatic rings. The van der Waals surface area contributed by atoms with E-state index in [0.717, 1.165) is 0 Å². The summed E-state index contributed by atoms with van der Waals surface area (Å²) in [5, 5.41) is 0. The van der Waals surface area contributed by atoms with E-state index >= 15 is 0 Å². The Bertz CT molecular complexity index is 927. The Balaban J connectivity index is 2.77. The van der Waals surface area contributed by atoms with Crippen molar-refractivity contribution < 1.29 is 67.6 Å². The molecule has 0 aliphatic carbocycles. The molecule has 18 nitrogen and oxygen atoms in total. The monoisotopic (exact) mass is 550 g/mol. The van der Waals surface area contributed by atoms with Gasteiger partial charge in [0.05, 0.1) is 12.8 Å². The SMILES string of the molecule is CCC(C)C(N)C(=O)OOC(=O)CC[C@@H](N)C(=O)OC1(N)CC(=O)OOC(=O)CC[C@@H](N)C(=O)OOC1=O. The van der Waals surface area contributed by atoms with Crippen molar-refractivity contribution in [1.82, 2.24) is 0 Å². The Morgan fingerprint density at radius 2 is 1.63 bits per heavy atom. The molecule has 1 aliphatic heterocycles. The fourth-order valence-electron chi connectivity index (χ4n) is 2.45. The molecule has 5 atom stereocenters. The summed E-state index contributed by atoms with van der Waals surface area (Å²) in [6.07, 6.45) is -2.55. The van der Waals surface area contributed by atoms with Gasteiger partial charge < -0.3 is 21.9 Å². The standard InChI is InChI=1S/C20H30N4O14/c1-3-9(2)15(23)18(30)37-34-13(26)6-4-10(21)16(28)32-20(24)8-14(27)35-33-12(25)7-5-11(22)17(29)36-38-19(20)31/h9-11,15H,3-8,21-24H2,1-2H3/t9?,10-,11-,15?,20?/m1/s1. The van der Waals surface area contributed by atoms with E-state index in [0.29, 0.717) is 6.42 Å². The molecule has 0 amide bonds. The maximum Gasteiger partial charge on any atom is 0.414 e.